The molecule has 2 aromatic rings. The lowest BCUT2D eigenvalue weighted by molar-refractivity contribution is 0.324. The van der Waals surface area contributed by atoms with Gasteiger partial charge in [0.15, 0.2) is 11.5 Å². The molecule has 0 atom stereocenters. The van der Waals surface area contributed by atoms with Crippen molar-refractivity contribution >= 4 is 15.9 Å². The first-order valence-corrected chi connectivity index (χ1v) is 7.57. The highest BCUT2D eigenvalue weighted by Crippen LogP contribution is 2.38. The summed E-state index contributed by atoms with van der Waals surface area (Å²) in [4.78, 5) is 0. The van der Waals surface area contributed by atoms with Crippen molar-refractivity contribution in [2.24, 2.45) is 0 Å². The molecule has 0 aromatic heterocycles. The number of hydrogen-bond donors (Lipinski definition) is 0. The summed E-state index contributed by atoms with van der Waals surface area (Å²) in [6, 6.07) is 9.26. The minimum atomic E-state index is 0.547. The summed E-state index contributed by atoms with van der Waals surface area (Å²) in [5.74, 6) is 8.69. The van der Waals surface area contributed by atoms with Crippen LogP contribution in [0.15, 0.2) is 34.8 Å². The molecule has 0 bridgehead atoms. The maximum Gasteiger partial charge on any atom is 0.203 e. The first-order valence-electron chi connectivity index (χ1n) is 6.78. The van der Waals surface area contributed by atoms with Gasteiger partial charge in [0, 0.05) is 15.6 Å². The first-order chi connectivity index (χ1) is 11.1. The van der Waals surface area contributed by atoms with Crippen LogP contribution < -0.4 is 18.9 Å². The third-order valence-corrected chi connectivity index (χ3v) is 3.84. The maximum atomic E-state index is 5.33. The Morgan fingerprint density at radius 3 is 1.91 bits per heavy atom. The van der Waals surface area contributed by atoms with Crippen LogP contribution in [0.2, 0.25) is 0 Å². The smallest absolute Gasteiger partial charge is 0.203 e. The van der Waals surface area contributed by atoms with Gasteiger partial charge < -0.3 is 18.9 Å². The van der Waals surface area contributed by atoms with E-state index < -0.39 is 0 Å². The van der Waals surface area contributed by atoms with Crippen LogP contribution in [0.3, 0.4) is 0 Å². The normalized spacial score (nSPS) is 9.61. The molecule has 0 aliphatic heterocycles. The van der Waals surface area contributed by atoms with Crippen LogP contribution in [-0.2, 0) is 0 Å². The largest absolute Gasteiger partial charge is 0.497 e. The van der Waals surface area contributed by atoms with E-state index in [2.05, 4.69) is 27.8 Å². The summed E-state index contributed by atoms with van der Waals surface area (Å²) in [5.41, 5.74) is 1.63. The third kappa shape index (κ3) is 3.91. The number of ether oxygens (including phenoxy) is 4. The van der Waals surface area contributed by atoms with E-state index in [0.717, 1.165) is 21.3 Å². The molecule has 0 amide bonds. The predicted octanol–water partition coefficient (Wildman–Crippen LogP) is 3.88. The van der Waals surface area contributed by atoms with Crippen LogP contribution in [0.1, 0.15) is 11.1 Å². The van der Waals surface area contributed by atoms with E-state index in [-0.39, 0.29) is 0 Å². The highest BCUT2D eigenvalue weighted by Gasteiger charge is 2.12. The van der Waals surface area contributed by atoms with Crippen LogP contribution in [-0.4, -0.2) is 28.4 Å². The molecule has 4 nitrogen and oxygen atoms in total. The molecule has 0 fully saturated rings. The van der Waals surface area contributed by atoms with Crippen LogP contribution in [0.25, 0.3) is 0 Å². The van der Waals surface area contributed by atoms with Gasteiger partial charge in [0.2, 0.25) is 5.75 Å². The molecule has 0 heterocycles. The lowest BCUT2D eigenvalue weighted by Gasteiger charge is -2.12. The quantitative estimate of drug-likeness (QED) is 0.758. The minimum absolute atomic E-state index is 0.547. The topological polar surface area (TPSA) is 36.9 Å². The van der Waals surface area contributed by atoms with Crippen molar-refractivity contribution < 1.29 is 18.9 Å². The zero-order valence-electron chi connectivity index (χ0n) is 13.4. The molecule has 0 spiro atoms. The van der Waals surface area contributed by atoms with Crippen LogP contribution in [0, 0.1) is 11.8 Å². The minimum Gasteiger partial charge on any atom is -0.497 e. The van der Waals surface area contributed by atoms with E-state index >= 15 is 0 Å². The molecule has 0 radical (unpaired) electrons. The van der Waals surface area contributed by atoms with Gasteiger partial charge in [-0.15, -0.1) is 0 Å². The molecule has 23 heavy (non-hydrogen) atoms. The molecule has 0 saturated carbocycles. The standard InChI is InChI=1S/C18H17BrO4/c1-20-14-8-7-13(15(19)11-14)6-5-12-9-16(21-2)18(23-4)17(10-12)22-3/h7-11H,1-4H3. The number of rotatable bonds is 4. The zero-order chi connectivity index (χ0) is 16.8. The van der Waals surface area contributed by atoms with Crippen molar-refractivity contribution in [1.29, 1.82) is 0 Å². The Morgan fingerprint density at radius 1 is 0.783 bits per heavy atom. The van der Waals surface area contributed by atoms with E-state index in [1.54, 1.807) is 28.4 Å². The van der Waals surface area contributed by atoms with Crippen molar-refractivity contribution in [2.75, 3.05) is 28.4 Å². The Balaban J connectivity index is 2.41. The van der Waals surface area contributed by atoms with E-state index in [4.69, 9.17) is 18.9 Å². The van der Waals surface area contributed by atoms with E-state index in [9.17, 15) is 0 Å². The van der Waals surface area contributed by atoms with Gasteiger partial charge in [-0.2, -0.15) is 0 Å². The predicted molar refractivity (Wildman–Crippen MR) is 92.8 cm³/mol. The maximum absolute atomic E-state index is 5.33. The summed E-state index contributed by atoms with van der Waals surface area (Å²) < 4.78 is 22.0. The highest BCUT2D eigenvalue weighted by molar-refractivity contribution is 9.10. The van der Waals surface area contributed by atoms with Crippen LogP contribution in [0.4, 0.5) is 0 Å². The van der Waals surface area contributed by atoms with Crippen molar-refractivity contribution in [3.05, 3.63) is 45.9 Å². The Hall–Kier alpha value is -2.32. The molecule has 2 rings (SSSR count). The number of hydrogen-bond acceptors (Lipinski definition) is 4. The summed E-state index contributed by atoms with van der Waals surface area (Å²) in [7, 11) is 6.35. The summed E-state index contributed by atoms with van der Waals surface area (Å²) in [5, 5.41) is 0. The second-order valence-corrected chi connectivity index (χ2v) is 5.36. The van der Waals surface area contributed by atoms with Gasteiger partial charge in [-0.1, -0.05) is 11.8 Å². The second-order valence-electron chi connectivity index (χ2n) is 4.51. The van der Waals surface area contributed by atoms with Crippen molar-refractivity contribution in [2.45, 2.75) is 0 Å². The van der Waals surface area contributed by atoms with Gasteiger partial charge in [0.05, 0.1) is 28.4 Å². The molecule has 0 unspecified atom stereocenters. The second kappa shape index (κ2) is 7.80. The molecule has 0 aliphatic rings. The number of methoxy groups -OCH3 is 4. The van der Waals surface area contributed by atoms with E-state index in [1.807, 2.05) is 30.3 Å². The number of benzene rings is 2. The van der Waals surface area contributed by atoms with Gasteiger partial charge in [-0.05, 0) is 46.3 Å². The van der Waals surface area contributed by atoms with Gasteiger partial charge in [-0.25, -0.2) is 0 Å². The van der Waals surface area contributed by atoms with E-state index in [1.165, 1.54) is 0 Å². The van der Waals surface area contributed by atoms with Crippen molar-refractivity contribution in [3.8, 4) is 34.8 Å². The lowest BCUT2D eigenvalue weighted by Crippen LogP contribution is -1.95. The fourth-order valence-corrected chi connectivity index (χ4v) is 2.47. The SMILES string of the molecule is COc1ccc(C#Cc2cc(OC)c(OC)c(OC)c2)c(Br)c1. The van der Waals surface area contributed by atoms with Crippen molar-refractivity contribution in [3.63, 3.8) is 0 Å². The fraction of sp³-hybridized carbons (Fsp3) is 0.222. The lowest BCUT2D eigenvalue weighted by atomic mass is 10.1. The first kappa shape index (κ1) is 17.0. The van der Waals surface area contributed by atoms with Gasteiger partial charge in [0.1, 0.15) is 5.75 Å². The Kier molecular flexibility index (Phi) is 5.78. The van der Waals surface area contributed by atoms with Gasteiger partial charge in [-0.3, -0.25) is 0 Å². The number of halogens is 1. The summed E-state index contributed by atoms with van der Waals surface area (Å²) in [6.07, 6.45) is 0. The average Bonchev–Trinajstić information content (AvgIpc) is 2.59. The fourth-order valence-electron chi connectivity index (χ4n) is 2.02. The molecule has 0 aliphatic carbocycles. The Bertz CT molecular complexity index is 734. The molecule has 120 valence electrons. The molecule has 0 N–H and O–H groups in total. The Labute approximate surface area is 144 Å². The van der Waals surface area contributed by atoms with Gasteiger partial charge >= 0.3 is 0 Å². The summed E-state index contributed by atoms with van der Waals surface area (Å²) in [6.45, 7) is 0. The summed E-state index contributed by atoms with van der Waals surface area (Å²) >= 11 is 3.49. The molecule has 0 saturated heterocycles. The Morgan fingerprint density at radius 2 is 1.43 bits per heavy atom. The average molecular weight is 377 g/mol. The molecular weight excluding hydrogens is 360 g/mol. The monoisotopic (exact) mass is 376 g/mol. The zero-order valence-corrected chi connectivity index (χ0v) is 15.0. The van der Waals surface area contributed by atoms with E-state index in [0.29, 0.717) is 17.2 Å². The molecule has 5 heteroatoms. The molecular formula is C18H17BrO4. The van der Waals surface area contributed by atoms with Gasteiger partial charge in [0.25, 0.3) is 0 Å². The van der Waals surface area contributed by atoms with Crippen LogP contribution >= 0.6 is 15.9 Å². The van der Waals surface area contributed by atoms with Crippen molar-refractivity contribution in [1.82, 2.24) is 0 Å². The highest BCUT2D eigenvalue weighted by atomic mass is 79.9. The third-order valence-electron chi connectivity index (χ3n) is 3.18. The van der Waals surface area contributed by atoms with Crippen LogP contribution in [0.5, 0.6) is 23.0 Å². The molecule has 2 aromatic carbocycles.